The van der Waals surface area contributed by atoms with Gasteiger partial charge >= 0.3 is 0 Å². The molecule has 1 saturated heterocycles. The molecule has 1 unspecified atom stereocenters. The van der Waals surface area contributed by atoms with Crippen molar-refractivity contribution >= 4 is 17.4 Å². The van der Waals surface area contributed by atoms with E-state index in [1.165, 1.54) is 5.69 Å². The number of rotatable bonds is 2. The number of hydrogen-bond donors (Lipinski definition) is 1. The van der Waals surface area contributed by atoms with Gasteiger partial charge in [0.15, 0.2) is 0 Å². The predicted octanol–water partition coefficient (Wildman–Crippen LogP) is 2.08. The Morgan fingerprint density at radius 1 is 1.27 bits per heavy atom. The molecule has 82 valence electrons. The number of anilines is 1. The zero-order valence-corrected chi connectivity index (χ0v) is 10.0. The SMILES string of the molecule is CN(C)c1ccc(C2(O)CCSC2)cc1. The van der Waals surface area contributed by atoms with E-state index < -0.39 is 5.60 Å². The van der Waals surface area contributed by atoms with Crippen LogP contribution in [0.2, 0.25) is 0 Å². The summed E-state index contributed by atoms with van der Waals surface area (Å²) in [7, 11) is 4.05. The average molecular weight is 223 g/mol. The van der Waals surface area contributed by atoms with Gasteiger partial charge in [0.05, 0.1) is 5.60 Å². The van der Waals surface area contributed by atoms with E-state index in [0.29, 0.717) is 0 Å². The smallest absolute Gasteiger partial charge is 0.0994 e. The van der Waals surface area contributed by atoms with E-state index in [9.17, 15) is 5.11 Å². The first kappa shape index (κ1) is 10.8. The molecule has 0 aliphatic carbocycles. The third kappa shape index (κ3) is 2.13. The number of nitrogens with zero attached hydrogens (tertiary/aromatic N) is 1. The van der Waals surface area contributed by atoms with Gasteiger partial charge in [-0.2, -0.15) is 11.8 Å². The maximum absolute atomic E-state index is 10.4. The van der Waals surface area contributed by atoms with Crippen molar-refractivity contribution < 1.29 is 5.11 Å². The van der Waals surface area contributed by atoms with Gasteiger partial charge in [0.25, 0.3) is 0 Å². The van der Waals surface area contributed by atoms with Gasteiger partial charge in [-0.15, -0.1) is 0 Å². The van der Waals surface area contributed by atoms with Gasteiger partial charge in [-0.25, -0.2) is 0 Å². The van der Waals surface area contributed by atoms with E-state index in [0.717, 1.165) is 23.5 Å². The first-order valence-electron chi connectivity index (χ1n) is 5.20. The van der Waals surface area contributed by atoms with Gasteiger partial charge in [0.2, 0.25) is 0 Å². The van der Waals surface area contributed by atoms with Gasteiger partial charge in [0.1, 0.15) is 0 Å². The standard InChI is InChI=1S/C12H17NOS/c1-13(2)11-5-3-10(4-6-11)12(14)7-8-15-9-12/h3-6,14H,7-9H2,1-2H3. The van der Waals surface area contributed by atoms with Crippen molar-refractivity contribution in [1.29, 1.82) is 0 Å². The van der Waals surface area contributed by atoms with Crippen LogP contribution in [0.5, 0.6) is 0 Å². The Bertz CT molecular complexity index is 328. The van der Waals surface area contributed by atoms with Crippen LogP contribution in [0.3, 0.4) is 0 Å². The third-order valence-electron chi connectivity index (χ3n) is 2.92. The zero-order valence-electron chi connectivity index (χ0n) is 9.23. The van der Waals surface area contributed by atoms with Gasteiger partial charge in [-0.05, 0) is 29.9 Å². The molecule has 15 heavy (non-hydrogen) atoms. The van der Waals surface area contributed by atoms with Crippen molar-refractivity contribution in [2.75, 3.05) is 30.5 Å². The molecule has 0 spiro atoms. The molecule has 1 fully saturated rings. The maximum atomic E-state index is 10.4. The molecule has 1 aliphatic heterocycles. The van der Waals surface area contributed by atoms with E-state index in [4.69, 9.17) is 0 Å². The summed E-state index contributed by atoms with van der Waals surface area (Å²) in [5.74, 6) is 1.89. The highest BCUT2D eigenvalue weighted by Gasteiger charge is 2.33. The summed E-state index contributed by atoms with van der Waals surface area (Å²) in [6.07, 6.45) is 0.874. The van der Waals surface area contributed by atoms with E-state index in [1.807, 2.05) is 38.0 Å². The van der Waals surface area contributed by atoms with Gasteiger partial charge in [-0.1, -0.05) is 12.1 Å². The van der Waals surface area contributed by atoms with E-state index in [1.54, 1.807) is 0 Å². The summed E-state index contributed by atoms with van der Waals surface area (Å²) < 4.78 is 0. The second-order valence-electron chi connectivity index (χ2n) is 4.28. The van der Waals surface area contributed by atoms with E-state index in [2.05, 4.69) is 17.0 Å². The molecule has 0 saturated carbocycles. The van der Waals surface area contributed by atoms with Crippen LogP contribution in [0.25, 0.3) is 0 Å². The minimum absolute atomic E-state index is 0.588. The number of thioether (sulfide) groups is 1. The first-order valence-corrected chi connectivity index (χ1v) is 6.35. The van der Waals surface area contributed by atoms with Crippen LogP contribution < -0.4 is 4.90 Å². The van der Waals surface area contributed by atoms with Crippen molar-refractivity contribution in [3.05, 3.63) is 29.8 Å². The highest BCUT2D eigenvalue weighted by molar-refractivity contribution is 7.99. The second-order valence-corrected chi connectivity index (χ2v) is 5.38. The van der Waals surface area contributed by atoms with E-state index in [-0.39, 0.29) is 0 Å². The summed E-state index contributed by atoms with van der Waals surface area (Å²) in [4.78, 5) is 2.07. The van der Waals surface area contributed by atoms with Gasteiger partial charge < -0.3 is 10.0 Å². The van der Waals surface area contributed by atoms with Crippen LogP contribution in [0, 0.1) is 0 Å². The van der Waals surface area contributed by atoms with E-state index >= 15 is 0 Å². The summed E-state index contributed by atoms with van der Waals surface area (Å²) >= 11 is 1.83. The molecule has 0 radical (unpaired) electrons. The molecule has 3 heteroatoms. The molecule has 1 N–H and O–H groups in total. The fourth-order valence-corrected chi connectivity index (χ4v) is 3.13. The Morgan fingerprint density at radius 3 is 2.40 bits per heavy atom. The molecular weight excluding hydrogens is 206 g/mol. The molecule has 1 atom stereocenters. The maximum Gasteiger partial charge on any atom is 0.0994 e. The summed E-state index contributed by atoms with van der Waals surface area (Å²) in [6.45, 7) is 0. The molecule has 1 aliphatic rings. The summed E-state index contributed by atoms with van der Waals surface area (Å²) in [5.41, 5.74) is 1.64. The van der Waals surface area contributed by atoms with Crippen LogP contribution in [0.1, 0.15) is 12.0 Å². The predicted molar refractivity (Wildman–Crippen MR) is 66.6 cm³/mol. The lowest BCUT2D eigenvalue weighted by Gasteiger charge is -2.22. The summed E-state index contributed by atoms with van der Waals surface area (Å²) in [5, 5.41) is 10.4. The molecule has 1 aromatic carbocycles. The Hall–Kier alpha value is -0.670. The van der Waals surface area contributed by atoms with Crippen molar-refractivity contribution in [3.63, 3.8) is 0 Å². The second kappa shape index (κ2) is 4.06. The minimum Gasteiger partial charge on any atom is -0.384 e. The quantitative estimate of drug-likeness (QED) is 0.830. The molecule has 0 aromatic heterocycles. The lowest BCUT2D eigenvalue weighted by atomic mass is 9.93. The molecule has 2 rings (SSSR count). The lowest BCUT2D eigenvalue weighted by molar-refractivity contribution is 0.0658. The number of benzene rings is 1. The van der Waals surface area contributed by atoms with Crippen molar-refractivity contribution in [2.24, 2.45) is 0 Å². The first-order chi connectivity index (χ1) is 7.12. The molecule has 1 aromatic rings. The van der Waals surface area contributed by atoms with Crippen molar-refractivity contribution in [2.45, 2.75) is 12.0 Å². The van der Waals surface area contributed by atoms with Crippen LogP contribution in [0.4, 0.5) is 5.69 Å². The largest absolute Gasteiger partial charge is 0.384 e. The lowest BCUT2D eigenvalue weighted by Crippen LogP contribution is -2.24. The highest BCUT2D eigenvalue weighted by atomic mass is 32.2. The third-order valence-corrected chi connectivity index (χ3v) is 4.10. The average Bonchev–Trinajstić information content (AvgIpc) is 2.67. The molecule has 2 nitrogen and oxygen atoms in total. The summed E-state index contributed by atoms with van der Waals surface area (Å²) in [6, 6.07) is 8.22. The molecular formula is C12H17NOS. The monoisotopic (exact) mass is 223 g/mol. The van der Waals surface area contributed by atoms with Crippen LogP contribution >= 0.6 is 11.8 Å². The normalized spacial score (nSPS) is 25.5. The molecule has 0 bridgehead atoms. The fraction of sp³-hybridized carbons (Fsp3) is 0.500. The molecule has 0 amide bonds. The van der Waals surface area contributed by atoms with Crippen LogP contribution in [-0.2, 0) is 5.60 Å². The topological polar surface area (TPSA) is 23.5 Å². The van der Waals surface area contributed by atoms with Crippen LogP contribution in [-0.4, -0.2) is 30.7 Å². The highest BCUT2D eigenvalue weighted by Crippen LogP contribution is 2.36. The fourth-order valence-electron chi connectivity index (χ4n) is 1.85. The Labute approximate surface area is 95.3 Å². The van der Waals surface area contributed by atoms with Crippen molar-refractivity contribution in [3.8, 4) is 0 Å². The Kier molecular flexibility index (Phi) is 2.94. The van der Waals surface area contributed by atoms with Gasteiger partial charge in [-0.3, -0.25) is 0 Å². The van der Waals surface area contributed by atoms with Gasteiger partial charge in [0, 0.05) is 25.5 Å². The number of hydrogen-bond acceptors (Lipinski definition) is 3. The minimum atomic E-state index is -0.588. The molecule has 1 heterocycles. The zero-order chi connectivity index (χ0) is 10.9. The Morgan fingerprint density at radius 2 is 1.93 bits per heavy atom. The van der Waals surface area contributed by atoms with Crippen LogP contribution in [0.15, 0.2) is 24.3 Å². The number of aliphatic hydroxyl groups is 1. The van der Waals surface area contributed by atoms with Crippen molar-refractivity contribution in [1.82, 2.24) is 0 Å². The Balaban J connectivity index is 2.23.